The molecule has 4 rings (SSSR count). The number of carbonyl (C=O) groups is 3. The summed E-state index contributed by atoms with van der Waals surface area (Å²) in [5.74, 6) is -3.53. The molecular formula is C24H19ClF5N3O4. The number of likely N-dealkylation sites (tertiary alicyclic amines) is 1. The highest BCUT2D eigenvalue weighted by molar-refractivity contribution is 6.30. The zero-order valence-corrected chi connectivity index (χ0v) is 19.7. The van der Waals surface area contributed by atoms with Crippen molar-refractivity contribution >= 4 is 40.3 Å². The predicted molar refractivity (Wildman–Crippen MR) is 122 cm³/mol. The Hall–Kier alpha value is -3.67. The molecule has 0 bridgehead atoms. The van der Waals surface area contributed by atoms with Gasteiger partial charge in [0.2, 0.25) is 5.91 Å². The molecule has 1 aliphatic rings. The van der Waals surface area contributed by atoms with Crippen molar-refractivity contribution in [3.63, 3.8) is 0 Å². The van der Waals surface area contributed by atoms with Crippen molar-refractivity contribution in [1.29, 1.82) is 0 Å². The van der Waals surface area contributed by atoms with Crippen LogP contribution < -0.4 is 5.32 Å². The fraction of sp³-hybridized carbons (Fsp3) is 0.292. The number of hydrogen-bond donors (Lipinski definition) is 1. The molecule has 0 spiro atoms. The number of para-hydroxylation sites is 1. The van der Waals surface area contributed by atoms with Crippen LogP contribution in [0, 0.1) is 5.82 Å². The van der Waals surface area contributed by atoms with E-state index in [1.54, 1.807) is 0 Å². The molecule has 196 valence electrons. The quantitative estimate of drug-likeness (QED) is 0.350. The molecule has 1 N–H and O–H groups in total. The average molecular weight is 544 g/mol. The van der Waals surface area contributed by atoms with Crippen LogP contribution in [0.25, 0.3) is 10.9 Å². The monoisotopic (exact) mass is 543 g/mol. The van der Waals surface area contributed by atoms with Crippen molar-refractivity contribution in [2.24, 2.45) is 0 Å². The maximum absolute atomic E-state index is 14.2. The Morgan fingerprint density at radius 2 is 1.84 bits per heavy atom. The van der Waals surface area contributed by atoms with Crippen molar-refractivity contribution in [2.45, 2.75) is 38.1 Å². The smallest absolute Gasteiger partial charge is 0.425 e. The second-order valence-corrected chi connectivity index (χ2v) is 8.73. The Labute approximate surface area is 211 Å². The van der Waals surface area contributed by atoms with E-state index in [0.29, 0.717) is 0 Å². The van der Waals surface area contributed by atoms with E-state index in [0.717, 1.165) is 15.7 Å². The summed E-state index contributed by atoms with van der Waals surface area (Å²) < 4.78 is 73.6. The molecule has 0 radical (unpaired) electrons. The molecule has 1 saturated heterocycles. The number of amides is 2. The van der Waals surface area contributed by atoms with Crippen LogP contribution in [0.2, 0.25) is 5.02 Å². The van der Waals surface area contributed by atoms with Crippen LogP contribution in [0.4, 0.5) is 26.7 Å². The van der Waals surface area contributed by atoms with E-state index in [1.807, 2.05) is 0 Å². The minimum Gasteiger partial charge on any atom is -0.425 e. The number of rotatable bonds is 6. The number of nitrogens with zero attached hydrogens (tertiary/aromatic N) is 2. The van der Waals surface area contributed by atoms with Gasteiger partial charge in [-0.2, -0.15) is 13.2 Å². The Bertz CT molecular complexity index is 1360. The zero-order chi connectivity index (χ0) is 26.9. The van der Waals surface area contributed by atoms with E-state index < -0.39 is 60.8 Å². The first-order chi connectivity index (χ1) is 17.5. The summed E-state index contributed by atoms with van der Waals surface area (Å²) in [6.07, 6.45) is -8.38. The van der Waals surface area contributed by atoms with E-state index in [4.69, 9.17) is 16.3 Å². The summed E-state index contributed by atoms with van der Waals surface area (Å²) >= 11 is 5.70. The number of ketones is 1. The van der Waals surface area contributed by atoms with Crippen LogP contribution in [0.15, 0.2) is 48.7 Å². The molecule has 1 aliphatic heterocycles. The molecule has 2 aromatic carbocycles. The molecule has 1 fully saturated rings. The van der Waals surface area contributed by atoms with Gasteiger partial charge in [-0.25, -0.2) is 13.6 Å². The second-order valence-electron chi connectivity index (χ2n) is 8.32. The molecule has 1 aromatic heterocycles. The molecule has 3 aromatic rings. The third kappa shape index (κ3) is 5.68. The molecule has 0 saturated carbocycles. The zero-order valence-electron chi connectivity index (χ0n) is 18.9. The second kappa shape index (κ2) is 10.4. The van der Waals surface area contributed by atoms with Crippen molar-refractivity contribution in [2.75, 3.05) is 6.54 Å². The lowest BCUT2D eigenvalue weighted by Gasteiger charge is -2.24. The largest absolute Gasteiger partial charge is 0.454 e. The lowest BCUT2D eigenvalue weighted by Crippen LogP contribution is -2.42. The van der Waals surface area contributed by atoms with Gasteiger partial charge < -0.3 is 19.5 Å². The summed E-state index contributed by atoms with van der Waals surface area (Å²) in [4.78, 5) is 38.1. The predicted octanol–water partition coefficient (Wildman–Crippen LogP) is 5.00. The molecule has 2 amide bonds. The lowest BCUT2D eigenvalue weighted by atomic mass is 10.1. The van der Waals surface area contributed by atoms with Gasteiger partial charge >= 0.3 is 12.3 Å². The number of nitrogens with one attached hydrogen (secondary N) is 1. The van der Waals surface area contributed by atoms with Crippen molar-refractivity contribution in [3.05, 3.63) is 70.6 Å². The summed E-state index contributed by atoms with van der Waals surface area (Å²) in [6, 6.07) is 9.94. The number of alkyl halides is 4. The normalized spacial score (nSPS) is 17.7. The first-order valence-corrected chi connectivity index (χ1v) is 11.3. The first-order valence-electron chi connectivity index (χ1n) is 11.0. The van der Waals surface area contributed by atoms with E-state index in [9.17, 15) is 36.3 Å². The minimum absolute atomic E-state index is 0.00263. The number of halogens is 6. The third-order valence-corrected chi connectivity index (χ3v) is 6.11. The summed E-state index contributed by atoms with van der Waals surface area (Å²) in [7, 11) is 0. The molecular weight excluding hydrogens is 525 g/mol. The third-order valence-electron chi connectivity index (χ3n) is 5.81. The van der Waals surface area contributed by atoms with Crippen LogP contribution in [-0.2, 0) is 22.6 Å². The molecule has 2 atom stereocenters. The molecule has 2 heterocycles. The number of carbonyl (C=O) groups excluding carboxylic acids is 3. The Balaban J connectivity index is 1.47. The van der Waals surface area contributed by atoms with Gasteiger partial charge in [0.1, 0.15) is 18.5 Å². The highest BCUT2D eigenvalue weighted by Crippen LogP contribution is 2.29. The van der Waals surface area contributed by atoms with Crippen LogP contribution >= 0.6 is 11.6 Å². The number of hydrogen-bond acceptors (Lipinski definition) is 4. The highest BCUT2D eigenvalue weighted by Gasteiger charge is 2.41. The van der Waals surface area contributed by atoms with E-state index >= 15 is 0 Å². The van der Waals surface area contributed by atoms with E-state index in [2.05, 4.69) is 5.32 Å². The van der Waals surface area contributed by atoms with Gasteiger partial charge in [0, 0.05) is 35.6 Å². The molecule has 37 heavy (non-hydrogen) atoms. The molecule has 13 heteroatoms. The van der Waals surface area contributed by atoms with Crippen molar-refractivity contribution in [3.8, 4) is 0 Å². The highest BCUT2D eigenvalue weighted by atomic mass is 35.5. The van der Waals surface area contributed by atoms with Crippen molar-refractivity contribution in [1.82, 2.24) is 14.8 Å². The summed E-state index contributed by atoms with van der Waals surface area (Å²) in [6.45, 7) is -1.23. The summed E-state index contributed by atoms with van der Waals surface area (Å²) in [5, 5.41) is 2.16. The maximum Gasteiger partial charge on any atom is 0.454 e. The SMILES string of the molecule is O=C(NCc1cccc(Cl)c1F)O[C@H]1C[C@@H](F)CN1C(=O)Cn1cc(C(=O)C(F)(F)F)c2ccccc21. The van der Waals surface area contributed by atoms with Gasteiger partial charge in [0.25, 0.3) is 5.78 Å². The Kier molecular flexibility index (Phi) is 7.39. The van der Waals surface area contributed by atoms with E-state index in [1.165, 1.54) is 42.5 Å². The lowest BCUT2D eigenvalue weighted by molar-refractivity contribution is -0.138. The minimum atomic E-state index is -5.12. The van der Waals surface area contributed by atoms with Gasteiger partial charge in [0.05, 0.1) is 17.1 Å². The number of ether oxygens (including phenoxy) is 1. The Morgan fingerprint density at radius 3 is 2.57 bits per heavy atom. The average Bonchev–Trinajstić information content (AvgIpc) is 3.39. The van der Waals surface area contributed by atoms with Gasteiger partial charge in [0.15, 0.2) is 6.23 Å². The van der Waals surface area contributed by atoms with Gasteiger partial charge in [-0.3, -0.25) is 9.59 Å². The van der Waals surface area contributed by atoms with Crippen LogP contribution in [0.1, 0.15) is 22.3 Å². The number of fused-ring (bicyclic) bond motifs is 1. The fourth-order valence-corrected chi connectivity index (χ4v) is 4.29. The fourth-order valence-electron chi connectivity index (χ4n) is 4.09. The molecule has 0 unspecified atom stereocenters. The Morgan fingerprint density at radius 1 is 1.11 bits per heavy atom. The number of aromatic nitrogens is 1. The van der Waals surface area contributed by atoms with Crippen LogP contribution in [0.3, 0.4) is 0 Å². The number of benzene rings is 2. The molecule has 0 aliphatic carbocycles. The van der Waals surface area contributed by atoms with Gasteiger partial charge in [-0.15, -0.1) is 0 Å². The first kappa shape index (κ1) is 26.4. The topological polar surface area (TPSA) is 80.6 Å². The van der Waals surface area contributed by atoms with Gasteiger partial charge in [-0.05, 0) is 12.1 Å². The summed E-state index contributed by atoms with van der Waals surface area (Å²) in [5.41, 5.74) is -0.352. The maximum atomic E-state index is 14.2. The van der Waals surface area contributed by atoms with Crippen molar-refractivity contribution < 1.29 is 41.1 Å². The standard InChI is InChI=1S/C24H19ClF5N3O4/c25-17-6-3-4-13(21(17)27)9-31-23(36)37-20-8-14(26)10-33(20)19(34)12-32-11-16(22(35)24(28,29)30)15-5-1-2-7-18(15)32/h1-7,11,14,20H,8-10,12H2,(H,31,36)/t14-,20+/m1/s1. The number of alkyl carbamates (subject to hydrolysis) is 1. The number of Topliss-reactive ketones (excluding diaryl/α,β-unsaturated/α-hetero) is 1. The van der Waals surface area contributed by atoms with Crippen LogP contribution in [-0.4, -0.2) is 52.4 Å². The van der Waals surface area contributed by atoms with Gasteiger partial charge in [-0.1, -0.05) is 41.9 Å². The van der Waals surface area contributed by atoms with Crippen LogP contribution in [0.5, 0.6) is 0 Å². The van der Waals surface area contributed by atoms with E-state index in [-0.39, 0.29) is 34.5 Å². The molecule has 7 nitrogen and oxygen atoms in total.